The van der Waals surface area contributed by atoms with E-state index in [0.717, 1.165) is 11.1 Å². The van der Waals surface area contributed by atoms with Crippen molar-refractivity contribution in [1.82, 2.24) is 0 Å². The van der Waals surface area contributed by atoms with Crippen molar-refractivity contribution in [3.8, 4) is 0 Å². The van der Waals surface area contributed by atoms with Crippen LogP contribution in [-0.4, -0.2) is 0 Å². The van der Waals surface area contributed by atoms with Crippen LogP contribution in [-0.2, 0) is 4.74 Å². The van der Waals surface area contributed by atoms with Crippen molar-refractivity contribution in [1.29, 1.82) is 0 Å². The molecule has 2 aromatic carbocycles. The fourth-order valence-electron chi connectivity index (χ4n) is 1.49. The zero-order valence-corrected chi connectivity index (χ0v) is 12.7. The van der Waals surface area contributed by atoms with Crippen LogP contribution in [0.15, 0.2) is 48.5 Å². The summed E-state index contributed by atoms with van der Waals surface area (Å²) in [5.41, 5.74) is 0.308. The first-order valence-electron chi connectivity index (χ1n) is 5.51. The average molecular weight is 336 g/mol. The van der Waals surface area contributed by atoms with Crippen molar-refractivity contribution in [3.05, 3.63) is 69.7 Å². The van der Waals surface area contributed by atoms with Crippen molar-refractivity contribution in [2.24, 2.45) is 0 Å². The van der Waals surface area contributed by atoms with Crippen molar-refractivity contribution in [2.75, 3.05) is 0 Å². The first-order valence-corrected chi connectivity index (χ1v) is 7.13. The van der Waals surface area contributed by atoms with Gasteiger partial charge in [-0.3, -0.25) is 0 Å². The Morgan fingerprint density at radius 3 is 1.26 bits per heavy atom. The Hall–Kier alpha value is -0.440. The Bertz CT molecular complexity index is 475. The lowest BCUT2D eigenvalue weighted by molar-refractivity contribution is 0.0821. The van der Waals surface area contributed by atoms with Crippen LogP contribution >= 0.6 is 46.4 Å². The van der Waals surface area contributed by atoms with E-state index in [-0.39, 0.29) is 0 Å². The minimum absolute atomic E-state index is 0.643. The third-order valence-electron chi connectivity index (χ3n) is 2.50. The van der Waals surface area contributed by atoms with Crippen molar-refractivity contribution in [2.45, 2.75) is 11.1 Å². The Kier molecular flexibility index (Phi) is 5.37. The molecule has 19 heavy (non-hydrogen) atoms. The minimum atomic E-state index is -0.643. The summed E-state index contributed by atoms with van der Waals surface area (Å²) in [7, 11) is 0. The standard InChI is InChI=1S/C14H10Cl4O/c15-11-5-1-9(2-6-11)13(17)19-14(18)10-3-7-12(16)8-4-10/h1-8,13-14H. The molecule has 0 heterocycles. The lowest BCUT2D eigenvalue weighted by Crippen LogP contribution is -2.01. The number of benzene rings is 2. The van der Waals surface area contributed by atoms with Gasteiger partial charge in [-0.1, -0.05) is 70.7 Å². The highest BCUT2D eigenvalue weighted by Gasteiger charge is 2.15. The number of halogens is 4. The molecular formula is C14H10Cl4O. The first-order chi connectivity index (χ1) is 9.06. The van der Waals surface area contributed by atoms with E-state index < -0.39 is 11.1 Å². The number of ether oxygens (including phenoxy) is 1. The summed E-state index contributed by atoms with van der Waals surface area (Å²) >= 11 is 23.9. The van der Waals surface area contributed by atoms with Gasteiger partial charge < -0.3 is 4.74 Å². The summed E-state index contributed by atoms with van der Waals surface area (Å²) in [5, 5.41) is 1.29. The van der Waals surface area contributed by atoms with E-state index in [2.05, 4.69) is 0 Å². The molecule has 1 nitrogen and oxygen atoms in total. The number of rotatable bonds is 4. The van der Waals surface area contributed by atoms with E-state index >= 15 is 0 Å². The molecule has 0 N–H and O–H groups in total. The summed E-state index contributed by atoms with van der Waals surface area (Å²) in [6.07, 6.45) is 0. The van der Waals surface area contributed by atoms with Gasteiger partial charge in [-0.25, -0.2) is 0 Å². The van der Waals surface area contributed by atoms with Gasteiger partial charge in [0.05, 0.1) is 0 Å². The lowest BCUT2D eigenvalue weighted by atomic mass is 10.2. The highest BCUT2D eigenvalue weighted by Crippen LogP contribution is 2.32. The van der Waals surface area contributed by atoms with Gasteiger partial charge in [0.15, 0.2) is 11.1 Å². The second-order valence-corrected chi connectivity index (χ2v) is 5.54. The highest BCUT2D eigenvalue weighted by atomic mass is 35.5. The monoisotopic (exact) mass is 334 g/mol. The largest absolute Gasteiger partial charge is 0.335 e. The molecule has 0 radical (unpaired) electrons. The maximum absolute atomic E-state index is 6.16. The van der Waals surface area contributed by atoms with E-state index in [0.29, 0.717) is 10.0 Å². The molecule has 0 saturated carbocycles. The molecule has 0 bridgehead atoms. The molecule has 0 aliphatic rings. The summed E-state index contributed by atoms with van der Waals surface area (Å²) in [4.78, 5) is 0. The first kappa shape index (κ1) is 15.0. The fourth-order valence-corrected chi connectivity index (χ4v) is 2.29. The molecule has 0 aliphatic heterocycles. The molecular weight excluding hydrogens is 326 g/mol. The molecule has 2 rings (SSSR count). The van der Waals surface area contributed by atoms with E-state index in [1.54, 1.807) is 48.5 Å². The van der Waals surface area contributed by atoms with E-state index in [9.17, 15) is 0 Å². The van der Waals surface area contributed by atoms with Crippen molar-refractivity contribution < 1.29 is 4.74 Å². The number of hydrogen-bond donors (Lipinski definition) is 0. The summed E-state index contributed by atoms with van der Waals surface area (Å²) in [6, 6.07) is 14.2. The molecule has 2 atom stereocenters. The molecule has 2 aromatic rings. The topological polar surface area (TPSA) is 9.23 Å². The third-order valence-corrected chi connectivity index (χ3v) is 3.72. The second kappa shape index (κ2) is 6.83. The van der Waals surface area contributed by atoms with Crippen LogP contribution in [0.5, 0.6) is 0 Å². The van der Waals surface area contributed by atoms with E-state index in [1.807, 2.05) is 0 Å². The van der Waals surface area contributed by atoms with Gasteiger partial charge in [0, 0.05) is 10.0 Å². The van der Waals surface area contributed by atoms with Crippen LogP contribution in [0.3, 0.4) is 0 Å². The van der Waals surface area contributed by atoms with Gasteiger partial charge in [-0.2, -0.15) is 0 Å². The third kappa shape index (κ3) is 4.27. The predicted octanol–water partition coefficient (Wildman–Crippen LogP) is 6.19. The Labute approximate surface area is 132 Å². The van der Waals surface area contributed by atoms with Gasteiger partial charge in [-0.15, -0.1) is 0 Å². The fraction of sp³-hybridized carbons (Fsp3) is 0.143. The van der Waals surface area contributed by atoms with Crippen LogP contribution in [0.2, 0.25) is 10.0 Å². The maximum Gasteiger partial charge on any atom is 0.159 e. The van der Waals surface area contributed by atoms with Gasteiger partial charge in [-0.05, 0) is 35.4 Å². The molecule has 0 aromatic heterocycles. The second-order valence-electron chi connectivity index (χ2n) is 3.87. The summed E-state index contributed by atoms with van der Waals surface area (Å²) in [6.45, 7) is 0. The van der Waals surface area contributed by atoms with Crippen LogP contribution in [0, 0.1) is 0 Å². The van der Waals surface area contributed by atoms with Crippen LogP contribution in [0.1, 0.15) is 22.3 Å². The van der Waals surface area contributed by atoms with Crippen molar-refractivity contribution in [3.63, 3.8) is 0 Å². The van der Waals surface area contributed by atoms with Crippen LogP contribution in [0.25, 0.3) is 0 Å². The SMILES string of the molecule is Clc1ccc(C(Cl)OC(Cl)c2ccc(Cl)cc2)cc1. The van der Waals surface area contributed by atoms with Gasteiger partial charge in [0.2, 0.25) is 0 Å². The van der Waals surface area contributed by atoms with E-state index in [4.69, 9.17) is 51.1 Å². The molecule has 0 aliphatic carbocycles. The Balaban J connectivity index is 2.03. The lowest BCUT2D eigenvalue weighted by Gasteiger charge is -2.16. The predicted molar refractivity (Wildman–Crippen MR) is 81.2 cm³/mol. The van der Waals surface area contributed by atoms with Crippen molar-refractivity contribution >= 4 is 46.4 Å². The molecule has 0 fully saturated rings. The molecule has 0 saturated heterocycles. The van der Waals surface area contributed by atoms with Gasteiger partial charge in [0.25, 0.3) is 0 Å². The molecule has 0 amide bonds. The zero-order chi connectivity index (χ0) is 13.8. The maximum atomic E-state index is 6.16. The zero-order valence-electron chi connectivity index (χ0n) is 9.69. The smallest absolute Gasteiger partial charge is 0.159 e. The Morgan fingerprint density at radius 2 is 0.947 bits per heavy atom. The molecule has 100 valence electrons. The van der Waals surface area contributed by atoms with Crippen LogP contribution < -0.4 is 0 Å². The minimum Gasteiger partial charge on any atom is -0.335 e. The Morgan fingerprint density at radius 1 is 0.632 bits per heavy atom. The normalized spacial score (nSPS) is 14.1. The summed E-state index contributed by atoms with van der Waals surface area (Å²) in [5.74, 6) is 0. The molecule has 0 spiro atoms. The number of alkyl halides is 2. The van der Waals surface area contributed by atoms with Crippen LogP contribution in [0.4, 0.5) is 0 Å². The average Bonchev–Trinajstić information content (AvgIpc) is 2.40. The van der Waals surface area contributed by atoms with E-state index in [1.165, 1.54) is 0 Å². The molecule has 5 heteroatoms. The van der Waals surface area contributed by atoms with Gasteiger partial charge >= 0.3 is 0 Å². The molecule has 2 unspecified atom stereocenters. The number of hydrogen-bond acceptors (Lipinski definition) is 1. The summed E-state index contributed by atoms with van der Waals surface area (Å²) < 4.78 is 5.55. The quantitative estimate of drug-likeness (QED) is 0.606. The highest BCUT2D eigenvalue weighted by molar-refractivity contribution is 6.31. The van der Waals surface area contributed by atoms with Gasteiger partial charge in [0.1, 0.15) is 0 Å².